The van der Waals surface area contributed by atoms with Crippen molar-refractivity contribution in [2.45, 2.75) is 118 Å². The summed E-state index contributed by atoms with van der Waals surface area (Å²) in [6.07, 6.45) is 9.22. The molecular weight excluding hydrogens is 773 g/mol. The van der Waals surface area contributed by atoms with Gasteiger partial charge in [0, 0.05) is 18.8 Å². The van der Waals surface area contributed by atoms with Crippen LogP contribution in [0, 0.1) is 11.8 Å². The fourth-order valence-corrected chi connectivity index (χ4v) is 7.13. The molecule has 0 radical (unpaired) electrons. The minimum atomic E-state index is -1.29. The second kappa shape index (κ2) is 19.4. The second-order valence-electron chi connectivity index (χ2n) is 18.3. The van der Waals surface area contributed by atoms with E-state index in [2.05, 4.69) is 25.6 Å². The first-order valence-corrected chi connectivity index (χ1v) is 20.9. The number of rotatable bonds is 14. The van der Waals surface area contributed by atoms with Crippen LogP contribution < -0.4 is 16.4 Å². The van der Waals surface area contributed by atoms with Gasteiger partial charge in [-0.25, -0.2) is 9.78 Å². The van der Waals surface area contributed by atoms with Gasteiger partial charge in [-0.05, 0) is 82.6 Å². The van der Waals surface area contributed by atoms with Crippen LogP contribution in [0.1, 0.15) is 93.6 Å². The number of benzene rings is 2. The van der Waals surface area contributed by atoms with Gasteiger partial charge in [0.05, 0.1) is 41.5 Å². The van der Waals surface area contributed by atoms with Crippen molar-refractivity contribution in [1.29, 1.82) is 0 Å². The zero-order valence-corrected chi connectivity index (χ0v) is 37.4. The summed E-state index contributed by atoms with van der Waals surface area (Å²) in [5.74, 6) is 0.0296. The summed E-state index contributed by atoms with van der Waals surface area (Å²) in [6.45, 7) is 21.2. The number of aromatic nitrogens is 2. The molecular formula is C47H64N8O6. The number of nitrogens with two attached hydrogens (primary N) is 1. The van der Waals surface area contributed by atoms with Crippen molar-refractivity contribution in [2.75, 3.05) is 13.1 Å². The van der Waals surface area contributed by atoms with Gasteiger partial charge in [-0.15, -0.1) is 0 Å². The van der Waals surface area contributed by atoms with Gasteiger partial charge in [0.25, 0.3) is 0 Å². The Kier molecular flexibility index (Phi) is 14.8. The molecule has 5 atom stereocenters. The average Bonchev–Trinajstić information content (AvgIpc) is 3.98. The molecule has 0 saturated carbocycles. The predicted molar refractivity (Wildman–Crippen MR) is 240 cm³/mol. The molecule has 2 aliphatic rings. The Labute approximate surface area is 360 Å². The number of carbonyl (C=O) groups excluding carboxylic acids is 3. The molecule has 0 bridgehead atoms. The number of carbonyl (C=O) groups is 3. The lowest BCUT2D eigenvalue weighted by atomic mass is 10.0. The van der Waals surface area contributed by atoms with Crippen LogP contribution in [-0.4, -0.2) is 97.3 Å². The van der Waals surface area contributed by atoms with E-state index in [1.807, 2.05) is 128 Å². The summed E-state index contributed by atoms with van der Waals surface area (Å²) in [7, 11) is 0. The van der Waals surface area contributed by atoms with Crippen molar-refractivity contribution >= 4 is 29.3 Å². The molecule has 61 heavy (non-hydrogen) atoms. The Balaban J connectivity index is 1.21. The van der Waals surface area contributed by atoms with E-state index in [0.29, 0.717) is 30.3 Å². The summed E-state index contributed by atoms with van der Waals surface area (Å²) >= 11 is 0. The molecule has 2 aromatic carbocycles. The molecule has 5 rings (SSSR count). The standard InChI is InChI=1S/C47H64N8O6/c1-28(2)39(52-44(58)60-46(6,7)8)42(56)54-24-12-14-37(54)30(5)49-26-35(48)33-20-16-31(17-21-33)32-18-22-34(23-19-32)36-27-50-41(51-36)38-15-13-25-55(38)43(57)40(29(3)4)53-45(59)61-47(9,10)11/h12-23,26-29,37-40,45,53,59H,24-25,48H2,1-11H3,(H,50,51)(H,52,58)/b35-26-,49-30?/t37-,38-,39-,40-,45?/m0/s1. The predicted octanol–water partition coefficient (Wildman–Crippen LogP) is 6.92. The van der Waals surface area contributed by atoms with E-state index in [0.717, 1.165) is 27.9 Å². The van der Waals surface area contributed by atoms with Gasteiger partial charge >= 0.3 is 6.09 Å². The Morgan fingerprint density at radius 1 is 0.852 bits per heavy atom. The number of ether oxygens (including phenoxy) is 2. The lowest BCUT2D eigenvalue weighted by Gasteiger charge is -2.33. The summed E-state index contributed by atoms with van der Waals surface area (Å²) in [6, 6.07) is 13.9. The van der Waals surface area contributed by atoms with Crippen LogP contribution in [0.4, 0.5) is 4.79 Å². The van der Waals surface area contributed by atoms with E-state index in [-0.39, 0.29) is 35.7 Å². The monoisotopic (exact) mass is 836 g/mol. The van der Waals surface area contributed by atoms with Gasteiger partial charge in [0.2, 0.25) is 18.2 Å². The molecule has 3 amide bonds. The fraction of sp³-hybridized carbons (Fsp3) is 0.468. The highest BCUT2D eigenvalue weighted by Gasteiger charge is 2.37. The maximum absolute atomic E-state index is 13.8. The van der Waals surface area contributed by atoms with Gasteiger partial charge in [0.15, 0.2) is 0 Å². The first-order chi connectivity index (χ1) is 28.6. The van der Waals surface area contributed by atoms with Crippen LogP contribution in [0.5, 0.6) is 0 Å². The molecule has 0 aliphatic carbocycles. The van der Waals surface area contributed by atoms with Crippen molar-refractivity contribution in [1.82, 2.24) is 30.4 Å². The number of hydrogen-bond donors (Lipinski definition) is 5. The molecule has 6 N–H and O–H groups in total. The fourth-order valence-electron chi connectivity index (χ4n) is 7.13. The molecule has 1 unspecified atom stereocenters. The number of aliphatic imine (C=N–C) groups is 1. The number of H-pyrrole nitrogens is 1. The van der Waals surface area contributed by atoms with Gasteiger partial charge in [-0.3, -0.25) is 19.9 Å². The molecule has 14 nitrogen and oxygen atoms in total. The van der Waals surface area contributed by atoms with Gasteiger partial charge in [-0.1, -0.05) is 101 Å². The number of aromatic amines is 1. The lowest BCUT2D eigenvalue weighted by molar-refractivity contribution is -0.190. The number of imidazole rings is 1. The summed E-state index contributed by atoms with van der Waals surface area (Å²) < 4.78 is 11.0. The largest absolute Gasteiger partial charge is 0.444 e. The minimum Gasteiger partial charge on any atom is -0.444 e. The molecule has 2 aliphatic heterocycles. The third-order valence-corrected chi connectivity index (χ3v) is 10.3. The van der Waals surface area contributed by atoms with Crippen molar-refractivity contribution in [3.8, 4) is 22.4 Å². The summed E-state index contributed by atoms with van der Waals surface area (Å²) in [5, 5.41) is 16.2. The van der Waals surface area contributed by atoms with Crippen molar-refractivity contribution < 1.29 is 29.0 Å². The highest BCUT2D eigenvalue weighted by atomic mass is 16.6. The number of aliphatic hydroxyl groups excluding tert-OH is 1. The topological polar surface area (TPSA) is 188 Å². The van der Waals surface area contributed by atoms with Crippen LogP contribution in [-0.2, 0) is 19.1 Å². The Morgan fingerprint density at radius 3 is 2.00 bits per heavy atom. The second-order valence-corrected chi connectivity index (χ2v) is 18.3. The number of hydrogen-bond acceptors (Lipinski definition) is 10. The first kappa shape index (κ1) is 46.5. The Bertz CT molecular complexity index is 2120. The highest BCUT2D eigenvalue weighted by Crippen LogP contribution is 2.30. The SMILES string of the molecule is CC(=N/C=C(\N)c1ccc(-c2ccc(-c3cnc([C@@H]4C=CCN4C(=O)[C@@H](NC(O)OC(C)(C)C)C(C)C)[nH]3)cc2)cc1)[C@@H]1C=CCN1C(=O)[C@@H](NC(=O)OC(C)(C)C)C(C)C. The van der Waals surface area contributed by atoms with Gasteiger partial charge < -0.3 is 40.4 Å². The summed E-state index contributed by atoms with van der Waals surface area (Å²) in [5.41, 5.74) is 11.0. The summed E-state index contributed by atoms with van der Waals surface area (Å²) in [4.78, 5) is 56.1. The highest BCUT2D eigenvalue weighted by molar-refractivity contribution is 5.96. The Morgan fingerprint density at radius 2 is 1.41 bits per heavy atom. The normalized spacial score (nSPS) is 18.9. The van der Waals surface area contributed by atoms with E-state index in [4.69, 9.17) is 15.2 Å². The number of aliphatic hydroxyl groups is 1. The molecule has 1 aromatic heterocycles. The van der Waals surface area contributed by atoms with Crippen molar-refractivity contribution in [3.63, 3.8) is 0 Å². The Hall–Kier alpha value is -5.57. The maximum atomic E-state index is 13.8. The number of nitrogens with one attached hydrogen (secondary N) is 3. The van der Waals surface area contributed by atoms with E-state index in [1.54, 1.807) is 43.0 Å². The molecule has 328 valence electrons. The van der Waals surface area contributed by atoms with Gasteiger partial charge in [-0.2, -0.15) is 0 Å². The quantitative estimate of drug-likeness (QED) is 0.0653. The van der Waals surface area contributed by atoms with E-state index in [9.17, 15) is 19.5 Å². The first-order valence-electron chi connectivity index (χ1n) is 20.9. The van der Waals surface area contributed by atoms with Crippen LogP contribution >= 0.6 is 0 Å². The van der Waals surface area contributed by atoms with Crippen LogP contribution in [0.25, 0.3) is 28.1 Å². The van der Waals surface area contributed by atoms with E-state index in [1.165, 1.54) is 0 Å². The van der Waals surface area contributed by atoms with E-state index >= 15 is 0 Å². The zero-order valence-electron chi connectivity index (χ0n) is 37.4. The molecule has 14 heteroatoms. The smallest absolute Gasteiger partial charge is 0.408 e. The van der Waals surface area contributed by atoms with Crippen molar-refractivity contribution in [2.24, 2.45) is 22.6 Å². The molecule has 0 fully saturated rings. The molecule has 0 spiro atoms. The lowest BCUT2D eigenvalue weighted by Crippen LogP contribution is -2.54. The van der Waals surface area contributed by atoms with E-state index < -0.39 is 35.8 Å². The van der Waals surface area contributed by atoms with Crippen LogP contribution in [0.15, 0.2) is 90.2 Å². The zero-order chi connectivity index (χ0) is 44.8. The third-order valence-electron chi connectivity index (χ3n) is 10.3. The molecule has 3 heterocycles. The average molecular weight is 837 g/mol. The van der Waals surface area contributed by atoms with Crippen LogP contribution in [0.3, 0.4) is 0 Å². The van der Waals surface area contributed by atoms with Gasteiger partial charge in [0.1, 0.15) is 23.5 Å². The van der Waals surface area contributed by atoms with Crippen molar-refractivity contribution in [3.05, 3.63) is 96.6 Å². The maximum Gasteiger partial charge on any atom is 0.408 e. The van der Waals surface area contributed by atoms with Crippen LogP contribution in [0.2, 0.25) is 0 Å². The molecule has 3 aromatic rings. The third kappa shape index (κ3) is 12.3. The number of amides is 3. The number of alkyl carbamates (subject to hydrolysis) is 1. The number of nitrogens with zero attached hydrogens (tertiary/aromatic N) is 4. The molecule has 0 saturated heterocycles. The minimum absolute atomic E-state index is 0.0981.